The molecule has 0 spiro atoms. The number of unbranched alkanes of at least 4 members (excludes halogenated alkanes) is 26. The Morgan fingerprint density at radius 1 is 0.309 bits per heavy atom. The van der Waals surface area contributed by atoms with E-state index in [9.17, 15) is 14.4 Å². The van der Waals surface area contributed by atoms with E-state index in [0.29, 0.717) is 19.3 Å². The van der Waals surface area contributed by atoms with Gasteiger partial charge in [-0.25, -0.2) is 0 Å². The summed E-state index contributed by atoms with van der Waals surface area (Å²) in [6.07, 6.45) is 73.0. The Kier molecular flexibility index (Phi) is 53.4. The fraction of sp³-hybridized carbons (Fsp3) is 0.726. The third-order valence-electron chi connectivity index (χ3n) is 12.1. The molecule has 1 unspecified atom stereocenters. The first-order valence-corrected chi connectivity index (χ1v) is 28.6. The first-order chi connectivity index (χ1) is 33.5. The van der Waals surface area contributed by atoms with E-state index in [2.05, 4.69) is 99.8 Å². The Labute approximate surface area is 420 Å². The van der Waals surface area contributed by atoms with Gasteiger partial charge in [0.25, 0.3) is 0 Å². The Balaban J connectivity index is 4.49. The van der Waals surface area contributed by atoms with Crippen molar-refractivity contribution in [3.8, 4) is 0 Å². The minimum atomic E-state index is -0.810. The molecule has 0 rings (SSSR count). The summed E-state index contributed by atoms with van der Waals surface area (Å²) in [5, 5.41) is 0. The Morgan fingerprint density at radius 3 is 0.985 bits per heavy atom. The molecule has 68 heavy (non-hydrogen) atoms. The topological polar surface area (TPSA) is 78.9 Å². The van der Waals surface area contributed by atoms with Gasteiger partial charge in [0.15, 0.2) is 6.10 Å². The van der Waals surface area contributed by atoms with Crippen LogP contribution in [0.15, 0.2) is 85.1 Å². The third kappa shape index (κ3) is 53.5. The van der Waals surface area contributed by atoms with Crippen LogP contribution in [0.2, 0.25) is 0 Å². The van der Waals surface area contributed by atoms with E-state index in [1.807, 2.05) is 6.08 Å². The molecule has 1 atom stereocenters. The van der Waals surface area contributed by atoms with Crippen molar-refractivity contribution >= 4 is 17.9 Å². The predicted octanol–water partition coefficient (Wildman–Crippen LogP) is 19.2. The van der Waals surface area contributed by atoms with Gasteiger partial charge in [0, 0.05) is 19.3 Å². The summed E-state index contributed by atoms with van der Waals surface area (Å²) in [4.78, 5) is 38.1. The summed E-state index contributed by atoms with van der Waals surface area (Å²) >= 11 is 0. The van der Waals surface area contributed by atoms with Crippen molar-refractivity contribution in [2.24, 2.45) is 0 Å². The lowest BCUT2D eigenvalue weighted by Gasteiger charge is -2.18. The fourth-order valence-electron chi connectivity index (χ4n) is 7.88. The number of hydrogen-bond donors (Lipinski definition) is 0. The highest BCUT2D eigenvalue weighted by Crippen LogP contribution is 2.15. The predicted molar refractivity (Wildman–Crippen MR) is 293 cm³/mol. The van der Waals surface area contributed by atoms with E-state index in [0.717, 1.165) is 89.9 Å². The molecule has 0 aromatic rings. The molecule has 6 heteroatoms. The average Bonchev–Trinajstić information content (AvgIpc) is 3.34. The largest absolute Gasteiger partial charge is 0.462 e. The van der Waals surface area contributed by atoms with Crippen molar-refractivity contribution in [2.75, 3.05) is 13.2 Å². The van der Waals surface area contributed by atoms with Crippen LogP contribution in [0.4, 0.5) is 0 Å². The summed E-state index contributed by atoms with van der Waals surface area (Å²) in [5.74, 6) is -0.991. The van der Waals surface area contributed by atoms with E-state index in [1.165, 1.54) is 135 Å². The number of hydrogen-bond acceptors (Lipinski definition) is 6. The van der Waals surface area contributed by atoms with Crippen molar-refractivity contribution < 1.29 is 28.6 Å². The molecule has 0 aliphatic carbocycles. The zero-order chi connectivity index (χ0) is 49.3. The van der Waals surface area contributed by atoms with Gasteiger partial charge in [-0.3, -0.25) is 14.4 Å². The zero-order valence-corrected chi connectivity index (χ0v) is 44.6. The third-order valence-corrected chi connectivity index (χ3v) is 12.1. The summed E-state index contributed by atoms with van der Waals surface area (Å²) < 4.78 is 16.8. The minimum Gasteiger partial charge on any atom is -0.462 e. The SMILES string of the molecule is CC/C=C\C/C=C\C/C=C\C/C=C\C/C=C\C/C=C\CCC(=O)OCC(COC(=O)CCCCCCCCCCCCCCC)OC(=O)CCCCCCC/C=C\CCCCCCCCCCC. The Morgan fingerprint density at radius 2 is 0.603 bits per heavy atom. The molecule has 0 aliphatic heterocycles. The molecular formula is C62H106O6. The van der Waals surface area contributed by atoms with Gasteiger partial charge in [0.2, 0.25) is 0 Å². The number of ether oxygens (including phenoxy) is 3. The van der Waals surface area contributed by atoms with Gasteiger partial charge in [-0.2, -0.15) is 0 Å². The van der Waals surface area contributed by atoms with Crippen LogP contribution in [0.5, 0.6) is 0 Å². The number of rotatable bonds is 51. The molecule has 0 bridgehead atoms. The molecule has 0 saturated heterocycles. The molecule has 0 aromatic carbocycles. The number of esters is 3. The van der Waals surface area contributed by atoms with Gasteiger partial charge in [-0.15, -0.1) is 0 Å². The summed E-state index contributed by atoms with van der Waals surface area (Å²) in [5.41, 5.74) is 0. The van der Waals surface area contributed by atoms with E-state index in [1.54, 1.807) is 0 Å². The lowest BCUT2D eigenvalue weighted by atomic mass is 10.0. The number of carbonyl (C=O) groups excluding carboxylic acids is 3. The van der Waals surface area contributed by atoms with Crippen LogP contribution in [0, 0.1) is 0 Å². The van der Waals surface area contributed by atoms with Crippen molar-refractivity contribution in [2.45, 2.75) is 277 Å². The summed E-state index contributed by atoms with van der Waals surface area (Å²) in [7, 11) is 0. The monoisotopic (exact) mass is 947 g/mol. The molecular weight excluding hydrogens is 841 g/mol. The molecule has 0 amide bonds. The Hall–Kier alpha value is -3.41. The van der Waals surface area contributed by atoms with E-state index >= 15 is 0 Å². The van der Waals surface area contributed by atoms with Crippen molar-refractivity contribution in [3.05, 3.63) is 85.1 Å². The van der Waals surface area contributed by atoms with Crippen molar-refractivity contribution in [1.82, 2.24) is 0 Å². The molecule has 6 nitrogen and oxygen atoms in total. The zero-order valence-electron chi connectivity index (χ0n) is 44.6. The van der Waals surface area contributed by atoms with Gasteiger partial charge in [-0.05, 0) is 83.5 Å². The second-order valence-corrected chi connectivity index (χ2v) is 18.8. The molecule has 0 radical (unpaired) electrons. The van der Waals surface area contributed by atoms with Gasteiger partial charge in [0.05, 0.1) is 0 Å². The van der Waals surface area contributed by atoms with Crippen LogP contribution in [0.1, 0.15) is 271 Å². The van der Waals surface area contributed by atoms with Crippen LogP contribution in [-0.2, 0) is 28.6 Å². The molecule has 0 aromatic heterocycles. The summed E-state index contributed by atoms with van der Waals surface area (Å²) in [6, 6.07) is 0. The minimum absolute atomic E-state index is 0.101. The quantitative estimate of drug-likeness (QED) is 0.0262. The molecule has 390 valence electrons. The Bertz CT molecular complexity index is 1320. The van der Waals surface area contributed by atoms with E-state index in [4.69, 9.17) is 14.2 Å². The van der Waals surface area contributed by atoms with Gasteiger partial charge >= 0.3 is 17.9 Å². The highest BCUT2D eigenvalue weighted by Gasteiger charge is 2.19. The van der Waals surface area contributed by atoms with Gasteiger partial charge in [0.1, 0.15) is 13.2 Å². The number of carbonyl (C=O) groups is 3. The second kappa shape index (κ2) is 56.2. The van der Waals surface area contributed by atoms with Gasteiger partial charge in [-0.1, -0.05) is 254 Å². The lowest BCUT2D eigenvalue weighted by molar-refractivity contribution is -0.166. The first kappa shape index (κ1) is 64.6. The van der Waals surface area contributed by atoms with Crippen molar-refractivity contribution in [3.63, 3.8) is 0 Å². The normalized spacial score (nSPS) is 12.7. The lowest BCUT2D eigenvalue weighted by Crippen LogP contribution is -2.30. The maximum absolute atomic E-state index is 12.8. The van der Waals surface area contributed by atoms with Crippen molar-refractivity contribution in [1.29, 1.82) is 0 Å². The molecule has 0 saturated carbocycles. The summed E-state index contributed by atoms with van der Waals surface area (Å²) in [6.45, 7) is 6.47. The first-order valence-electron chi connectivity index (χ1n) is 28.6. The van der Waals surface area contributed by atoms with Crippen LogP contribution < -0.4 is 0 Å². The molecule has 0 N–H and O–H groups in total. The highest BCUT2D eigenvalue weighted by atomic mass is 16.6. The van der Waals surface area contributed by atoms with E-state index in [-0.39, 0.29) is 37.5 Å². The molecule has 0 heterocycles. The van der Waals surface area contributed by atoms with E-state index < -0.39 is 6.10 Å². The van der Waals surface area contributed by atoms with Crippen LogP contribution in [-0.4, -0.2) is 37.2 Å². The smallest absolute Gasteiger partial charge is 0.306 e. The van der Waals surface area contributed by atoms with Crippen LogP contribution in [0.25, 0.3) is 0 Å². The molecule has 0 aliphatic rings. The van der Waals surface area contributed by atoms with Crippen LogP contribution in [0.3, 0.4) is 0 Å². The average molecular weight is 948 g/mol. The van der Waals surface area contributed by atoms with Gasteiger partial charge < -0.3 is 14.2 Å². The number of allylic oxidation sites excluding steroid dienone is 14. The second-order valence-electron chi connectivity index (χ2n) is 18.8. The molecule has 0 fully saturated rings. The highest BCUT2D eigenvalue weighted by molar-refractivity contribution is 5.71. The maximum Gasteiger partial charge on any atom is 0.306 e. The van der Waals surface area contributed by atoms with Crippen LogP contribution >= 0.6 is 0 Å². The standard InChI is InChI=1S/C62H106O6/c1-4-7-10-13-16-19-22-25-27-29-31-33-34-37-40-43-46-49-52-55-61(64)67-58-59(57-66-60(63)54-51-48-45-42-39-36-24-21-18-15-12-9-6-3)68-62(65)56-53-50-47-44-41-38-35-32-30-28-26-23-20-17-14-11-8-5-2/h7,10,16,19,25,27,31-33,35,37,40,46,49,59H,4-6,8-9,11-15,17-18,20-24,26,28-30,34,36,38-39,41-45,47-48,50-58H2,1-3H3/b10-7-,19-16-,27-25-,33-31-,35-32-,40-37-,49-46-. The fourth-order valence-corrected chi connectivity index (χ4v) is 7.88. The maximum atomic E-state index is 12.8.